The van der Waals surface area contributed by atoms with Crippen molar-refractivity contribution >= 4 is 23.2 Å². The van der Waals surface area contributed by atoms with Crippen LogP contribution in [0.1, 0.15) is 0 Å². The molecule has 0 atom stereocenters. The van der Waals surface area contributed by atoms with Crippen molar-refractivity contribution in [2.75, 3.05) is 14.2 Å². The molecule has 24 heavy (non-hydrogen) atoms. The Morgan fingerprint density at radius 1 is 0.625 bits per heavy atom. The molecule has 0 radical (unpaired) electrons. The molecule has 0 heterocycles. The smallest absolute Gasteiger partial charge is 0.126 e. The van der Waals surface area contributed by atoms with Gasteiger partial charge in [0, 0.05) is 21.2 Å². The third kappa shape index (κ3) is 3.35. The minimum atomic E-state index is 0.663. The molecule has 122 valence electrons. The van der Waals surface area contributed by atoms with E-state index in [2.05, 4.69) is 6.07 Å². The predicted molar refractivity (Wildman–Crippen MR) is 100 cm³/mol. The molecule has 4 heteroatoms. The van der Waals surface area contributed by atoms with Crippen LogP contribution in [0.3, 0.4) is 0 Å². The number of hydrogen-bond acceptors (Lipinski definition) is 2. The Bertz CT molecular complexity index is 807. The lowest BCUT2D eigenvalue weighted by Crippen LogP contribution is -1.90. The van der Waals surface area contributed by atoms with Crippen molar-refractivity contribution in [2.24, 2.45) is 0 Å². The summed E-state index contributed by atoms with van der Waals surface area (Å²) >= 11 is 12.3. The summed E-state index contributed by atoms with van der Waals surface area (Å²) in [7, 11) is 3.30. The lowest BCUT2D eigenvalue weighted by Gasteiger charge is -2.13. The fourth-order valence-corrected chi connectivity index (χ4v) is 3.01. The molecule has 0 aliphatic rings. The molecule has 2 nitrogen and oxygen atoms in total. The van der Waals surface area contributed by atoms with Crippen molar-refractivity contribution in [1.29, 1.82) is 0 Å². The summed E-state index contributed by atoms with van der Waals surface area (Å²) in [6, 6.07) is 19.3. The molecule has 0 bridgehead atoms. The van der Waals surface area contributed by atoms with E-state index in [9.17, 15) is 0 Å². The standard InChI is InChI=1S/C20H16Cl2O2/c1-23-19-8-6-15(21)11-17(19)13-4-3-5-14(10-13)18-12-16(22)7-9-20(18)24-2/h3-12H,1-2H3. The van der Waals surface area contributed by atoms with E-state index in [-0.39, 0.29) is 0 Å². The first-order valence-electron chi connectivity index (χ1n) is 7.40. The van der Waals surface area contributed by atoms with Crippen LogP contribution in [-0.2, 0) is 0 Å². The van der Waals surface area contributed by atoms with Crippen LogP contribution in [0.4, 0.5) is 0 Å². The van der Waals surface area contributed by atoms with Crippen LogP contribution in [0.25, 0.3) is 22.3 Å². The van der Waals surface area contributed by atoms with Gasteiger partial charge in [-0.1, -0.05) is 41.4 Å². The van der Waals surface area contributed by atoms with Gasteiger partial charge in [0.2, 0.25) is 0 Å². The normalized spacial score (nSPS) is 10.5. The van der Waals surface area contributed by atoms with E-state index in [1.165, 1.54) is 0 Å². The highest BCUT2D eigenvalue weighted by atomic mass is 35.5. The Morgan fingerprint density at radius 3 is 1.50 bits per heavy atom. The van der Waals surface area contributed by atoms with Crippen molar-refractivity contribution in [3.05, 3.63) is 70.7 Å². The zero-order valence-corrected chi connectivity index (χ0v) is 14.9. The molecule has 0 unspecified atom stereocenters. The SMILES string of the molecule is COc1ccc(Cl)cc1-c1cccc(-c2cc(Cl)ccc2OC)c1. The Hall–Kier alpha value is -2.16. The zero-order valence-electron chi connectivity index (χ0n) is 13.3. The van der Waals surface area contributed by atoms with Gasteiger partial charge in [0.05, 0.1) is 14.2 Å². The van der Waals surface area contributed by atoms with Gasteiger partial charge < -0.3 is 9.47 Å². The van der Waals surface area contributed by atoms with Gasteiger partial charge in [0.1, 0.15) is 11.5 Å². The molecule has 0 aliphatic carbocycles. The van der Waals surface area contributed by atoms with E-state index >= 15 is 0 Å². The second kappa shape index (κ2) is 7.16. The maximum absolute atomic E-state index is 6.16. The minimum absolute atomic E-state index is 0.663. The number of methoxy groups -OCH3 is 2. The third-order valence-electron chi connectivity index (χ3n) is 3.81. The summed E-state index contributed by atoms with van der Waals surface area (Å²) in [5.41, 5.74) is 3.89. The number of hydrogen-bond donors (Lipinski definition) is 0. The van der Waals surface area contributed by atoms with E-state index in [4.69, 9.17) is 32.7 Å². The summed E-state index contributed by atoms with van der Waals surface area (Å²) in [4.78, 5) is 0. The van der Waals surface area contributed by atoms with Gasteiger partial charge >= 0.3 is 0 Å². The largest absolute Gasteiger partial charge is 0.496 e. The van der Waals surface area contributed by atoms with Crippen LogP contribution < -0.4 is 9.47 Å². The molecule has 0 aromatic heterocycles. The maximum Gasteiger partial charge on any atom is 0.126 e. The van der Waals surface area contributed by atoms with Crippen molar-refractivity contribution < 1.29 is 9.47 Å². The van der Waals surface area contributed by atoms with Crippen LogP contribution in [0.5, 0.6) is 11.5 Å². The van der Waals surface area contributed by atoms with Crippen LogP contribution in [0.2, 0.25) is 10.0 Å². The highest BCUT2D eigenvalue weighted by Crippen LogP contribution is 2.37. The van der Waals surface area contributed by atoms with Gasteiger partial charge in [-0.05, 0) is 53.6 Å². The van der Waals surface area contributed by atoms with Gasteiger partial charge in [-0.15, -0.1) is 0 Å². The first-order valence-corrected chi connectivity index (χ1v) is 8.16. The van der Waals surface area contributed by atoms with Gasteiger partial charge in [0.15, 0.2) is 0 Å². The van der Waals surface area contributed by atoms with Crippen molar-refractivity contribution in [3.63, 3.8) is 0 Å². The second-order valence-corrected chi connectivity index (χ2v) is 6.14. The molecule has 0 saturated carbocycles. The van der Waals surface area contributed by atoms with Crippen molar-refractivity contribution in [2.45, 2.75) is 0 Å². The van der Waals surface area contributed by atoms with Crippen LogP contribution in [-0.4, -0.2) is 14.2 Å². The summed E-state index contributed by atoms with van der Waals surface area (Å²) in [5.74, 6) is 1.55. The first kappa shape index (κ1) is 16.7. The number of benzene rings is 3. The van der Waals surface area contributed by atoms with E-state index in [0.29, 0.717) is 10.0 Å². The van der Waals surface area contributed by atoms with E-state index in [0.717, 1.165) is 33.8 Å². The highest BCUT2D eigenvalue weighted by molar-refractivity contribution is 6.31. The van der Waals surface area contributed by atoms with E-state index in [1.807, 2.05) is 54.6 Å². The minimum Gasteiger partial charge on any atom is -0.496 e. The van der Waals surface area contributed by atoms with E-state index in [1.54, 1.807) is 14.2 Å². The molecule has 3 rings (SSSR count). The summed E-state index contributed by atoms with van der Waals surface area (Å²) in [5, 5.41) is 1.33. The molecule has 3 aromatic rings. The third-order valence-corrected chi connectivity index (χ3v) is 4.28. The fraction of sp³-hybridized carbons (Fsp3) is 0.100. The second-order valence-electron chi connectivity index (χ2n) is 5.27. The fourth-order valence-electron chi connectivity index (χ4n) is 2.67. The van der Waals surface area contributed by atoms with Gasteiger partial charge in [-0.25, -0.2) is 0 Å². The van der Waals surface area contributed by atoms with Crippen LogP contribution in [0.15, 0.2) is 60.7 Å². The number of ether oxygens (including phenoxy) is 2. The van der Waals surface area contributed by atoms with E-state index < -0.39 is 0 Å². The van der Waals surface area contributed by atoms with Crippen molar-refractivity contribution in [3.8, 4) is 33.8 Å². The molecule has 0 aliphatic heterocycles. The number of halogens is 2. The Labute approximate surface area is 151 Å². The maximum atomic E-state index is 6.16. The zero-order chi connectivity index (χ0) is 17.1. The average molecular weight is 359 g/mol. The monoisotopic (exact) mass is 358 g/mol. The first-order chi connectivity index (χ1) is 11.6. The van der Waals surface area contributed by atoms with Gasteiger partial charge in [-0.2, -0.15) is 0 Å². The lowest BCUT2D eigenvalue weighted by molar-refractivity contribution is 0.416. The molecule has 0 amide bonds. The summed E-state index contributed by atoms with van der Waals surface area (Å²) in [6.45, 7) is 0. The number of rotatable bonds is 4. The van der Waals surface area contributed by atoms with Crippen LogP contribution in [0, 0.1) is 0 Å². The lowest BCUT2D eigenvalue weighted by atomic mass is 9.98. The molecule has 0 spiro atoms. The van der Waals surface area contributed by atoms with Gasteiger partial charge in [-0.3, -0.25) is 0 Å². The Kier molecular flexibility index (Phi) is 4.98. The molecule has 3 aromatic carbocycles. The molecular weight excluding hydrogens is 343 g/mol. The summed E-state index contributed by atoms with van der Waals surface area (Å²) in [6.07, 6.45) is 0. The Balaban J connectivity index is 2.14. The van der Waals surface area contributed by atoms with Crippen LogP contribution >= 0.6 is 23.2 Å². The average Bonchev–Trinajstić information content (AvgIpc) is 2.61. The molecule has 0 fully saturated rings. The van der Waals surface area contributed by atoms with Crippen molar-refractivity contribution in [1.82, 2.24) is 0 Å². The summed E-state index contributed by atoms with van der Waals surface area (Å²) < 4.78 is 10.9. The molecule has 0 saturated heterocycles. The molecule has 0 N–H and O–H groups in total. The Morgan fingerprint density at radius 2 is 1.08 bits per heavy atom. The van der Waals surface area contributed by atoms with Gasteiger partial charge in [0.25, 0.3) is 0 Å². The predicted octanol–water partition coefficient (Wildman–Crippen LogP) is 6.34. The topological polar surface area (TPSA) is 18.5 Å². The molecular formula is C20H16Cl2O2. The highest BCUT2D eigenvalue weighted by Gasteiger charge is 2.11. The quantitative estimate of drug-likeness (QED) is 0.541.